The molecule has 2 rings (SSSR count). The van der Waals surface area contributed by atoms with E-state index in [2.05, 4.69) is 29.8 Å². The Hall–Kier alpha value is -3.39. The van der Waals surface area contributed by atoms with Crippen LogP contribution in [0.5, 0.6) is 0 Å². The predicted octanol–water partition coefficient (Wildman–Crippen LogP) is 4.03. The van der Waals surface area contributed by atoms with Crippen LogP contribution in [0.1, 0.15) is 65.0 Å². The van der Waals surface area contributed by atoms with Gasteiger partial charge in [-0.15, -0.1) is 0 Å². The number of aliphatic hydroxyl groups is 1. The van der Waals surface area contributed by atoms with Crippen molar-refractivity contribution in [3.8, 4) is 0 Å². The summed E-state index contributed by atoms with van der Waals surface area (Å²) < 4.78 is 0. The smallest absolute Gasteiger partial charge is 0.317 e. The highest BCUT2D eigenvalue weighted by molar-refractivity contribution is 5.83. The number of carbonyl (C=O) groups is 3. The Morgan fingerprint density at radius 2 is 1.44 bits per heavy atom. The summed E-state index contributed by atoms with van der Waals surface area (Å²) in [5.41, 5.74) is 1.52. The van der Waals surface area contributed by atoms with Gasteiger partial charge >= 0.3 is 6.03 Å². The van der Waals surface area contributed by atoms with Gasteiger partial charge in [-0.3, -0.25) is 9.59 Å². The third-order valence-electron chi connectivity index (χ3n) is 6.17. The lowest BCUT2D eigenvalue weighted by Crippen LogP contribution is -2.54. The molecule has 0 fully saturated rings. The first-order chi connectivity index (χ1) is 18.4. The van der Waals surface area contributed by atoms with Crippen LogP contribution in [-0.2, 0) is 22.6 Å². The molecule has 2 atom stereocenters. The monoisotopic (exact) mass is 538 g/mol. The van der Waals surface area contributed by atoms with Crippen molar-refractivity contribution in [1.82, 2.24) is 20.9 Å². The van der Waals surface area contributed by atoms with Crippen molar-refractivity contribution in [3.05, 3.63) is 71.8 Å². The molecule has 0 unspecified atom stereocenters. The Kier molecular flexibility index (Phi) is 13.0. The van der Waals surface area contributed by atoms with Gasteiger partial charge in [0.15, 0.2) is 0 Å². The van der Waals surface area contributed by atoms with Gasteiger partial charge in [-0.1, -0.05) is 74.5 Å². The lowest BCUT2D eigenvalue weighted by atomic mass is 10.00. The molecule has 214 valence electrons. The number of hydrogen-bond donors (Lipinski definition) is 4. The molecule has 0 saturated heterocycles. The fourth-order valence-corrected chi connectivity index (χ4v) is 3.98. The molecule has 4 N–H and O–H groups in total. The first-order valence-electron chi connectivity index (χ1n) is 13.8. The molecular weight excluding hydrogens is 492 g/mol. The minimum atomic E-state index is -1.00. The standard InChI is InChI=1S/C31H46N4O4/c1-23(2)18-19-35(30(39)34-31(3,4)5)22-27(36)26(20-24-12-8-6-9-13-24)33-29(38)17-16-28(37)32-21-25-14-10-7-11-15-25/h6-15,23,26-27,36H,16-22H2,1-5H3,(H,32,37)(H,33,38)(H,34,39)/t26-,27+/m0/s1. The van der Waals surface area contributed by atoms with Gasteiger partial charge in [-0.2, -0.15) is 0 Å². The molecule has 39 heavy (non-hydrogen) atoms. The van der Waals surface area contributed by atoms with E-state index in [0.717, 1.165) is 17.5 Å². The van der Waals surface area contributed by atoms with Crippen LogP contribution >= 0.6 is 0 Å². The zero-order chi connectivity index (χ0) is 28.8. The number of carbonyl (C=O) groups excluding carboxylic acids is 3. The van der Waals surface area contributed by atoms with E-state index < -0.39 is 17.7 Å². The topological polar surface area (TPSA) is 111 Å². The first-order valence-corrected chi connectivity index (χ1v) is 13.8. The summed E-state index contributed by atoms with van der Waals surface area (Å²) in [4.78, 5) is 39.8. The quantitative estimate of drug-likeness (QED) is 0.291. The van der Waals surface area contributed by atoms with Gasteiger partial charge in [0, 0.05) is 31.5 Å². The SMILES string of the molecule is CC(C)CCN(C[C@@H](O)[C@H](Cc1ccccc1)NC(=O)CCC(=O)NCc1ccccc1)C(=O)NC(C)(C)C. The maximum Gasteiger partial charge on any atom is 0.317 e. The van der Waals surface area contributed by atoms with Crippen molar-refractivity contribution >= 4 is 17.8 Å². The summed E-state index contributed by atoms with van der Waals surface area (Å²) in [5, 5.41) is 20.0. The van der Waals surface area contributed by atoms with Gasteiger partial charge in [-0.05, 0) is 50.7 Å². The van der Waals surface area contributed by atoms with Gasteiger partial charge in [0.25, 0.3) is 0 Å². The molecule has 8 heteroatoms. The third-order valence-corrected chi connectivity index (χ3v) is 6.17. The molecule has 2 aromatic rings. The van der Waals surface area contributed by atoms with Gasteiger partial charge in [0.2, 0.25) is 11.8 Å². The van der Waals surface area contributed by atoms with E-state index in [0.29, 0.717) is 25.4 Å². The van der Waals surface area contributed by atoms with E-state index in [1.807, 2.05) is 81.4 Å². The number of urea groups is 1. The summed E-state index contributed by atoms with van der Waals surface area (Å²) in [6.07, 6.45) is 0.228. The number of nitrogens with zero attached hydrogens (tertiary/aromatic N) is 1. The van der Waals surface area contributed by atoms with Crippen molar-refractivity contribution in [2.45, 2.75) is 84.5 Å². The van der Waals surface area contributed by atoms with E-state index in [1.54, 1.807) is 4.90 Å². The highest BCUT2D eigenvalue weighted by Crippen LogP contribution is 2.12. The fourth-order valence-electron chi connectivity index (χ4n) is 3.98. The number of amides is 4. The minimum absolute atomic E-state index is 0.000205. The molecule has 8 nitrogen and oxygen atoms in total. The zero-order valence-electron chi connectivity index (χ0n) is 24.1. The second-order valence-corrected chi connectivity index (χ2v) is 11.5. The molecule has 0 heterocycles. The second kappa shape index (κ2) is 15.9. The Balaban J connectivity index is 2.03. The number of aliphatic hydroxyl groups excluding tert-OH is 1. The lowest BCUT2D eigenvalue weighted by Gasteiger charge is -2.33. The summed E-state index contributed by atoms with van der Waals surface area (Å²) >= 11 is 0. The average molecular weight is 539 g/mol. The molecule has 0 bridgehead atoms. The molecule has 0 aliphatic heterocycles. The van der Waals surface area contributed by atoms with Crippen molar-refractivity contribution in [2.24, 2.45) is 5.92 Å². The molecule has 0 radical (unpaired) electrons. The van der Waals surface area contributed by atoms with Crippen LogP contribution in [0.4, 0.5) is 4.79 Å². The van der Waals surface area contributed by atoms with Gasteiger partial charge in [0.05, 0.1) is 18.7 Å². The van der Waals surface area contributed by atoms with Crippen LogP contribution in [0.3, 0.4) is 0 Å². The van der Waals surface area contributed by atoms with Crippen LogP contribution in [0, 0.1) is 5.92 Å². The van der Waals surface area contributed by atoms with Crippen molar-refractivity contribution in [3.63, 3.8) is 0 Å². The first kappa shape index (κ1) is 31.8. The van der Waals surface area contributed by atoms with Gasteiger partial charge in [0.1, 0.15) is 0 Å². The number of hydrogen-bond acceptors (Lipinski definition) is 4. The molecule has 0 aromatic heterocycles. The summed E-state index contributed by atoms with van der Waals surface area (Å²) in [6, 6.07) is 18.3. The maximum atomic E-state index is 13.0. The zero-order valence-corrected chi connectivity index (χ0v) is 24.1. The molecule has 4 amide bonds. The lowest BCUT2D eigenvalue weighted by molar-refractivity contribution is -0.127. The highest BCUT2D eigenvalue weighted by Gasteiger charge is 2.28. The number of benzene rings is 2. The molecule has 0 aliphatic carbocycles. The summed E-state index contributed by atoms with van der Waals surface area (Å²) in [6.45, 7) is 10.9. The van der Waals surface area contributed by atoms with E-state index >= 15 is 0 Å². The van der Waals surface area contributed by atoms with Gasteiger partial charge < -0.3 is 26.0 Å². The second-order valence-electron chi connectivity index (χ2n) is 11.5. The summed E-state index contributed by atoms with van der Waals surface area (Å²) in [5.74, 6) is -0.148. The van der Waals surface area contributed by atoms with E-state index in [-0.39, 0.29) is 37.2 Å². The minimum Gasteiger partial charge on any atom is -0.389 e. The maximum absolute atomic E-state index is 13.0. The average Bonchev–Trinajstić information content (AvgIpc) is 2.88. The van der Waals surface area contributed by atoms with Crippen LogP contribution in [0.15, 0.2) is 60.7 Å². The Bertz CT molecular complexity index is 1020. The molecule has 2 aromatic carbocycles. The van der Waals surface area contributed by atoms with Crippen LogP contribution in [0.2, 0.25) is 0 Å². The molecule has 0 saturated carbocycles. The van der Waals surface area contributed by atoms with Crippen LogP contribution in [-0.4, -0.2) is 58.6 Å². The van der Waals surface area contributed by atoms with Crippen LogP contribution < -0.4 is 16.0 Å². The predicted molar refractivity (Wildman–Crippen MR) is 155 cm³/mol. The Morgan fingerprint density at radius 1 is 0.872 bits per heavy atom. The number of rotatable bonds is 14. The Morgan fingerprint density at radius 3 is 2.00 bits per heavy atom. The normalized spacial score (nSPS) is 12.9. The van der Waals surface area contributed by atoms with Gasteiger partial charge in [-0.25, -0.2) is 4.79 Å². The molecular formula is C31H46N4O4. The van der Waals surface area contributed by atoms with Crippen molar-refractivity contribution in [2.75, 3.05) is 13.1 Å². The third kappa shape index (κ3) is 13.3. The van der Waals surface area contributed by atoms with Crippen LogP contribution in [0.25, 0.3) is 0 Å². The molecule has 0 spiro atoms. The highest BCUT2D eigenvalue weighted by atomic mass is 16.3. The largest absolute Gasteiger partial charge is 0.389 e. The summed E-state index contributed by atoms with van der Waals surface area (Å²) in [7, 11) is 0. The van der Waals surface area contributed by atoms with Crippen molar-refractivity contribution in [1.29, 1.82) is 0 Å². The van der Waals surface area contributed by atoms with Crippen molar-refractivity contribution < 1.29 is 19.5 Å². The van der Waals surface area contributed by atoms with E-state index in [1.165, 1.54) is 0 Å². The fraction of sp³-hybridized carbons (Fsp3) is 0.516. The van der Waals surface area contributed by atoms with E-state index in [4.69, 9.17) is 0 Å². The van der Waals surface area contributed by atoms with E-state index in [9.17, 15) is 19.5 Å². The Labute approximate surface area is 233 Å². The molecule has 0 aliphatic rings. The number of nitrogens with one attached hydrogen (secondary N) is 3.